The molecular weight excluding hydrogens is 292 g/mol. The molecule has 0 radical (unpaired) electrons. The summed E-state index contributed by atoms with van der Waals surface area (Å²) in [6.07, 6.45) is 4.08. The lowest BCUT2D eigenvalue weighted by atomic mass is 10.1. The molecule has 1 aromatic carbocycles. The Labute approximate surface area is 128 Å². The molecule has 1 aromatic rings. The molecule has 1 aliphatic carbocycles. The number of carboxylic acid groups (broad SMARTS) is 1. The normalized spacial score (nSPS) is 16.6. The number of carboxylic acids is 1. The molecular formula is C15H19ClN2O3. The fourth-order valence-corrected chi connectivity index (χ4v) is 2.65. The third-order valence-electron chi connectivity index (χ3n) is 3.61. The number of rotatable bonds is 6. The Morgan fingerprint density at radius 3 is 2.43 bits per heavy atom. The van der Waals surface area contributed by atoms with Crippen LogP contribution in [0.4, 0.5) is 5.69 Å². The molecule has 3 N–H and O–H groups in total. The van der Waals surface area contributed by atoms with Crippen LogP contribution in [0, 0.1) is 0 Å². The minimum absolute atomic E-state index is 0.0888. The van der Waals surface area contributed by atoms with Crippen LogP contribution in [0.5, 0.6) is 0 Å². The highest BCUT2D eigenvalue weighted by Gasteiger charge is 2.26. The predicted octanol–water partition coefficient (Wildman–Crippen LogP) is 2.65. The van der Waals surface area contributed by atoms with E-state index in [2.05, 4.69) is 10.6 Å². The Balaban J connectivity index is 1.88. The lowest BCUT2D eigenvalue weighted by molar-refractivity contribution is -0.141. The van der Waals surface area contributed by atoms with Gasteiger partial charge in [0.1, 0.15) is 6.04 Å². The quantitative estimate of drug-likeness (QED) is 0.755. The summed E-state index contributed by atoms with van der Waals surface area (Å²) in [4.78, 5) is 23.2. The van der Waals surface area contributed by atoms with Gasteiger partial charge in [-0.25, -0.2) is 0 Å². The Morgan fingerprint density at radius 2 is 1.86 bits per heavy atom. The van der Waals surface area contributed by atoms with Crippen molar-refractivity contribution < 1.29 is 14.7 Å². The minimum Gasteiger partial charge on any atom is -0.480 e. The summed E-state index contributed by atoms with van der Waals surface area (Å²) in [6, 6.07) is 6.06. The number of anilines is 1. The Morgan fingerprint density at radius 1 is 1.24 bits per heavy atom. The van der Waals surface area contributed by atoms with E-state index >= 15 is 0 Å². The van der Waals surface area contributed by atoms with Crippen molar-refractivity contribution in [2.45, 2.75) is 44.2 Å². The van der Waals surface area contributed by atoms with Crippen molar-refractivity contribution in [3.63, 3.8) is 0 Å². The van der Waals surface area contributed by atoms with Crippen molar-refractivity contribution >= 4 is 29.2 Å². The van der Waals surface area contributed by atoms with E-state index in [9.17, 15) is 14.7 Å². The summed E-state index contributed by atoms with van der Waals surface area (Å²) in [5, 5.41) is 15.5. The van der Waals surface area contributed by atoms with E-state index < -0.39 is 12.0 Å². The van der Waals surface area contributed by atoms with E-state index in [4.69, 9.17) is 11.6 Å². The SMILES string of the molecule is O=C(CC(NC1CCCC1)C(=O)O)Nc1ccc(Cl)cc1. The van der Waals surface area contributed by atoms with Gasteiger partial charge in [-0.15, -0.1) is 0 Å². The van der Waals surface area contributed by atoms with Crippen LogP contribution in [-0.4, -0.2) is 29.1 Å². The van der Waals surface area contributed by atoms with E-state index in [1.807, 2.05) is 0 Å². The number of carbonyl (C=O) groups is 2. The van der Waals surface area contributed by atoms with Gasteiger partial charge in [0.05, 0.1) is 6.42 Å². The van der Waals surface area contributed by atoms with Crippen molar-refractivity contribution in [2.75, 3.05) is 5.32 Å². The zero-order valence-electron chi connectivity index (χ0n) is 11.6. The Kier molecular flexibility index (Phi) is 5.59. The molecule has 2 rings (SSSR count). The van der Waals surface area contributed by atoms with Gasteiger partial charge in [0, 0.05) is 16.8 Å². The molecule has 6 heteroatoms. The summed E-state index contributed by atoms with van der Waals surface area (Å²) in [5.41, 5.74) is 0.606. The molecule has 1 unspecified atom stereocenters. The number of nitrogens with one attached hydrogen (secondary N) is 2. The summed E-state index contributed by atoms with van der Waals surface area (Å²) in [7, 11) is 0. The van der Waals surface area contributed by atoms with E-state index in [-0.39, 0.29) is 18.4 Å². The van der Waals surface area contributed by atoms with Gasteiger partial charge in [0.25, 0.3) is 0 Å². The number of aliphatic carboxylic acids is 1. The first kappa shape index (κ1) is 15.8. The molecule has 0 saturated heterocycles. The van der Waals surface area contributed by atoms with Gasteiger partial charge < -0.3 is 15.7 Å². The van der Waals surface area contributed by atoms with Crippen molar-refractivity contribution in [1.29, 1.82) is 0 Å². The van der Waals surface area contributed by atoms with Crippen LogP contribution >= 0.6 is 11.6 Å². The van der Waals surface area contributed by atoms with Crippen molar-refractivity contribution in [3.05, 3.63) is 29.3 Å². The van der Waals surface area contributed by atoms with Gasteiger partial charge in [-0.05, 0) is 37.1 Å². The van der Waals surface area contributed by atoms with E-state index in [1.54, 1.807) is 24.3 Å². The summed E-state index contributed by atoms with van der Waals surface area (Å²) in [6.45, 7) is 0. The van der Waals surface area contributed by atoms with Crippen LogP contribution < -0.4 is 10.6 Å². The average Bonchev–Trinajstić information content (AvgIpc) is 2.93. The third kappa shape index (κ3) is 5.02. The maximum absolute atomic E-state index is 11.9. The molecule has 114 valence electrons. The molecule has 5 nitrogen and oxygen atoms in total. The summed E-state index contributed by atoms with van der Waals surface area (Å²) in [5.74, 6) is -1.32. The number of carbonyl (C=O) groups excluding carboxylic acids is 1. The van der Waals surface area contributed by atoms with E-state index in [0.29, 0.717) is 10.7 Å². The van der Waals surface area contributed by atoms with Gasteiger partial charge in [-0.1, -0.05) is 24.4 Å². The van der Waals surface area contributed by atoms with Gasteiger partial charge >= 0.3 is 5.97 Å². The number of hydrogen-bond acceptors (Lipinski definition) is 3. The molecule has 0 spiro atoms. The van der Waals surface area contributed by atoms with Crippen molar-refractivity contribution in [1.82, 2.24) is 5.32 Å². The average molecular weight is 311 g/mol. The lowest BCUT2D eigenvalue weighted by Crippen LogP contribution is -2.44. The first-order valence-electron chi connectivity index (χ1n) is 7.09. The highest BCUT2D eigenvalue weighted by atomic mass is 35.5. The monoisotopic (exact) mass is 310 g/mol. The smallest absolute Gasteiger partial charge is 0.321 e. The predicted molar refractivity (Wildman–Crippen MR) is 81.5 cm³/mol. The number of amides is 1. The fourth-order valence-electron chi connectivity index (χ4n) is 2.53. The summed E-state index contributed by atoms with van der Waals surface area (Å²) < 4.78 is 0. The zero-order chi connectivity index (χ0) is 15.2. The highest BCUT2D eigenvalue weighted by Crippen LogP contribution is 2.19. The first-order chi connectivity index (χ1) is 10.0. The van der Waals surface area contributed by atoms with Crippen LogP contribution in [0.1, 0.15) is 32.1 Å². The molecule has 0 heterocycles. The molecule has 1 saturated carbocycles. The fraction of sp³-hybridized carbons (Fsp3) is 0.467. The first-order valence-corrected chi connectivity index (χ1v) is 7.46. The third-order valence-corrected chi connectivity index (χ3v) is 3.86. The molecule has 1 fully saturated rings. The Bertz CT molecular complexity index is 498. The van der Waals surface area contributed by atoms with Crippen LogP contribution in [0.2, 0.25) is 5.02 Å². The van der Waals surface area contributed by atoms with Gasteiger partial charge in [-0.3, -0.25) is 9.59 Å². The standard InChI is InChI=1S/C15H19ClN2O3/c16-10-5-7-12(8-6-10)18-14(19)9-13(15(20)21)17-11-3-1-2-4-11/h5-8,11,13,17H,1-4,9H2,(H,18,19)(H,20,21). The number of hydrogen-bond donors (Lipinski definition) is 3. The van der Waals surface area contributed by atoms with Crippen LogP contribution in [-0.2, 0) is 9.59 Å². The minimum atomic E-state index is -0.992. The maximum Gasteiger partial charge on any atom is 0.321 e. The maximum atomic E-state index is 11.9. The molecule has 0 aliphatic heterocycles. The second kappa shape index (κ2) is 7.43. The lowest BCUT2D eigenvalue weighted by Gasteiger charge is -2.19. The van der Waals surface area contributed by atoms with Crippen LogP contribution in [0.25, 0.3) is 0 Å². The molecule has 1 amide bonds. The Hall–Kier alpha value is -1.59. The molecule has 0 aromatic heterocycles. The van der Waals surface area contributed by atoms with Crippen molar-refractivity contribution in [3.8, 4) is 0 Å². The van der Waals surface area contributed by atoms with E-state index in [0.717, 1.165) is 25.7 Å². The van der Waals surface area contributed by atoms with Crippen LogP contribution in [0.15, 0.2) is 24.3 Å². The molecule has 0 bridgehead atoms. The molecule has 21 heavy (non-hydrogen) atoms. The van der Waals surface area contributed by atoms with Gasteiger partial charge in [0.2, 0.25) is 5.91 Å². The second-order valence-electron chi connectivity index (χ2n) is 5.30. The number of benzene rings is 1. The summed E-state index contributed by atoms with van der Waals surface area (Å²) >= 11 is 5.77. The largest absolute Gasteiger partial charge is 0.480 e. The number of halogens is 1. The van der Waals surface area contributed by atoms with Crippen LogP contribution in [0.3, 0.4) is 0 Å². The highest BCUT2D eigenvalue weighted by molar-refractivity contribution is 6.30. The van der Waals surface area contributed by atoms with Crippen molar-refractivity contribution in [2.24, 2.45) is 0 Å². The van der Waals surface area contributed by atoms with E-state index in [1.165, 1.54) is 0 Å². The molecule has 1 atom stereocenters. The topological polar surface area (TPSA) is 78.4 Å². The second-order valence-corrected chi connectivity index (χ2v) is 5.73. The van der Waals surface area contributed by atoms with Gasteiger partial charge in [0.15, 0.2) is 0 Å². The zero-order valence-corrected chi connectivity index (χ0v) is 12.4. The van der Waals surface area contributed by atoms with Gasteiger partial charge in [-0.2, -0.15) is 0 Å². The molecule has 1 aliphatic rings.